The second-order valence-corrected chi connectivity index (χ2v) is 22.7. The number of carbonyl (C=O) groups excluding carboxylic acids is 12. The highest BCUT2D eigenvalue weighted by Crippen LogP contribution is 2.23. The molecule has 0 spiro atoms. The molecule has 6 atom stereocenters. The summed E-state index contributed by atoms with van der Waals surface area (Å²) in [5.74, 6) is -4.48. The van der Waals surface area contributed by atoms with Crippen LogP contribution in [0.1, 0.15) is 134 Å². The Kier molecular flexibility index (Phi) is 36.4. The molecule has 37 nitrogen and oxygen atoms in total. The van der Waals surface area contributed by atoms with E-state index in [1.165, 1.54) is 34.9 Å². The summed E-state index contributed by atoms with van der Waals surface area (Å²) in [5.41, 5.74) is 22.0. The van der Waals surface area contributed by atoms with Crippen LogP contribution in [0.2, 0.25) is 0 Å². The molecule has 0 aromatic carbocycles. The molecule has 0 bridgehead atoms. The topological polar surface area (TPSA) is 534 Å². The van der Waals surface area contributed by atoms with E-state index in [4.69, 9.17) is 48.3 Å². The summed E-state index contributed by atoms with van der Waals surface area (Å²) in [7, 11) is 2.89. The van der Waals surface area contributed by atoms with E-state index in [0.29, 0.717) is 75.2 Å². The van der Waals surface area contributed by atoms with Crippen molar-refractivity contribution < 1.29 is 76.5 Å². The zero-order valence-corrected chi connectivity index (χ0v) is 54.5. The molecule has 0 fully saturated rings. The Bertz CT molecular complexity index is 2910. The van der Waals surface area contributed by atoms with Gasteiger partial charge >= 0.3 is 0 Å². The van der Waals surface area contributed by atoms with E-state index < -0.39 is 113 Å². The van der Waals surface area contributed by atoms with Crippen LogP contribution in [0.4, 0.5) is 0 Å². The fourth-order valence-electron chi connectivity index (χ4n) is 9.49. The first-order chi connectivity index (χ1) is 45.2. The van der Waals surface area contributed by atoms with Crippen LogP contribution in [0.3, 0.4) is 0 Å². The van der Waals surface area contributed by atoms with Gasteiger partial charge in [-0.25, -0.2) is 0 Å². The van der Waals surface area contributed by atoms with Crippen LogP contribution in [0.15, 0.2) is 18.6 Å². The number of amides is 12. The average Bonchev–Trinajstić information content (AvgIpc) is 1.84. The molecule has 12 amide bonds. The standard InChI is InChI=1S/C58H93N21O16/c1-7-26-92-33-58(34-93-30-40-27-77(74-71-40)23-11-8-14-43(52(59)86)68-49(83)20-17-44(53(60)87)65-37(2)80,35-94-31-41-28-78(75-72-41)24-12-9-15-47(56(90)63-5)69-50(84)21-18-45(54(61)88)66-38(3)81)36-95-32-42-29-79(76-73-42)25-13-10-16-48(57(91)64-6)70-51(85)22-19-46(55(62)89)67-39(4)82/h1,27-29,43-48H,8-26,30-36H2,2-6H3,(H2,59,86)(H2,60,87)(H2,61,88)(H2,62,89)(H,63,90)(H,64,91)(H,65,80)(H,66,81)(H,67,82)(H,68,83)(H,69,84)(H,70,85). The first-order valence-electron chi connectivity index (χ1n) is 31.0. The smallest absolute Gasteiger partial charge is 0.242 e. The van der Waals surface area contributed by atoms with Crippen molar-refractivity contribution in [3.8, 4) is 12.3 Å². The van der Waals surface area contributed by atoms with Crippen molar-refractivity contribution in [2.45, 2.75) is 193 Å². The molecule has 0 saturated heterocycles. The fourth-order valence-corrected chi connectivity index (χ4v) is 9.49. The van der Waals surface area contributed by atoms with Gasteiger partial charge in [0.15, 0.2) is 0 Å². The molecule has 37 heteroatoms. The number of nitrogens with one attached hydrogen (secondary N) is 8. The summed E-state index contributed by atoms with van der Waals surface area (Å²) in [6.45, 7) is 4.79. The van der Waals surface area contributed by atoms with Crippen molar-refractivity contribution in [3.63, 3.8) is 0 Å². The summed E-state index contributed by atoms with van der Waals surface area (Å²) >= 11 is 0. The van der Waals surface area contributed by atoms with Crippen LogP contribution in [-0.2, 0) is 116 Å². The van der Waals surface area contributed by atoms with Crippen molar-refractivity contribution in [3.05, 3.63) is 35.7 Å². The third-order valence-electron chi connectivity index (χ3n) is 14.3. The lowest BCUT2D eigenvalue weighted by molar-refractivity contribution is -0.129. The quantitative estimate of drug-likeness (QED) is 0.0187. The highest BCUT2D eigenvalue weighted by molar-refractivity contribution is 5.91. The van der Waals surface area contributed by atoms with E-state index in [0.717, 1.165) is 0 Å². The Balaban J connectivity index is 1.68. The molecule has 3 aromatic rings. The van der Waals surface area contributed by atoms with Crippen LogP contribution in [0, 0.1) is 17.8 Å². The number of hydrogen-bond donors (Lipinski definition) is 12. The molecule has 16 N–H and O–H groups in total. The Morgan fingerprint density at radius 1 is 0.442 bits per heavy atom. The van der Waals surface area contributed by atoms with Crippen LogP contribution >= 0.6 is 0 Å². The van der Waals surface area contributed by atoms with Gasteiger partial charge in [-0.15, -0.1) is 21.7 Å². The van der Waals surface area contributed by atoms with Gasteiger partial charge in [0, 0.05) is 73.8 Å². The van der Waals surface area contributed by atoms with Crippen molar-refractivity contribution in [2.24, 2.45) is 28.3 Å². The zero-order valence-electron chi connectivity index (χ0n) is 54.5. The van der Waals surface area contributed by atoms with Crippen molar-refractivity contribution in [1.29, 1.82) is 0 Å². The minimum absolute atomic E-state index is 0.000278. The van der Waals surface area contributed by atoms with Gasteiger partial charge in [-0.3, -0.25) is 71.6 Å². The number of likely N-dealkylation sites (N-methyl/N-ethyl adjacent to an activating group) is 2. The highest BCUT2D eigenvalue weighted by Gasteiger charge is 2.34. The van der Waals surface area contributed by atoms with Gasteiger partial charge in [0.25, 0.3) is 0 Å². The molecule has 526 valence electrons. The third-order valence-corrected chi connectivity index (χ3v) is 14.3. The molecule has 3 aromatic heterocycles. The Morgan fingerprint density at radius 2 is 0.726 bits per heavy atom. The van der Waals surface area contributed by atoms with E-state index in [1.807, 2.05) is 0 Å². The Hall–Kier alpha value is -9.54. The maximum Gasteiger partial charge on any atom is 0.242 e. The molecule has 0 aliphatic rings. The number of nitrogens with zero attached hydrogens (tertiary/aromatic N) is 9. The van der Waals surface area contributed by atoms with Gasteiger partial charge in [-0.2, -0.15) is 0 Å². The van der Waals surface area contributed by atoms with E-state index in [1.54, 1.807) is 32.6 Å². The summed E-state index contributed by atoms with van der Waals surface area (Å²) in [4.78, 5) is 145. The van der Waals surface area contributed by atoms with Gasteiger partial charge in [0.05, 0.1) is 70.3 Å². The number of nitrogens with two attached hydrogens (primary N) is 4. The molecule has 3 rings (SSSR count). The summed E-state index contributed by atoms with van der Waals surface area (Å²) < 4.78 is 29.6. The number of aryl methyl sites for hydroxylation is 3. The van der Waals surface area contributed by atoms with Crippen LogP contribution < -0.4 is 65.5 Å². The number of ether oxygens (including phenoxy) is 4. The van der Waals surface area contributed by atoms with Crippen LogP contribution in [-0.4, -0.2) is 199 Å². The Labute approximate surface area is 549 Å². The molecule has 0 aliphatic carbocycles. The lowest BCUT2D eigenvalue weighted by atomic mass is 9.92. The lowest BCUT2D eigenvalue weighted by Crippen LogP contribution is -2.47. The second kappa shape index (κ2) is 43.4. The number of terminal acetylenes is 1. The number of primary amides is 4. The average molecular weight is 1340 g/mol. The fraction of sp³-hybridized carbons (Fsp3) is 0.655. The largest absolute Gasteiger partial charge is 0.374 e. The SMILES string of the molecule is C#CCOCC(COCc1cn(CCCCC(NC(=O)CCC(NC(C)=O)C(N)=O)C(N)=O)nn1)(COCc1cn(CCCCC(NC(=O)CCC(NC(C)=O)C(N)=O)C(=O)NC)nn1)COCc1cn(CCCCC(NC(=O)CCC(NC(C)=O)C(N)=O)C(=O)NC)nn1. The minimum atomic E-state index is -1.06. The Morgan fingerprint density at radius 3 is 1.01 bits per heavy atom. The maximum absolute atomic E-state index is 12.8. The van der Waals surface area contributed by atoms with Crippen LogP contribution in [0.5, 0.6) is 0 Å². The van der Waals surface area contributed by atoms with E-state index >= 15 is 0 Å². The summed E-state index contributed by atoms with van der Waals surface area (Å²) in [5, 5.41) is 45.7. The van der Waals surface area contributed by atoms with Gasteiger partial charge in [0.1, 0.15) is 59.9 Å². The number of rotatable bonds is 51. The first-order valence-corrected chi connectivity index (χ1v) is 31.0. The van der Waals surface area contributed by atoms with Gasteiger partial charge in [-0.1, -0.05) is 21.6 Å². The number of carbonyl (C=O) groups is 12. The normalized spacial score (nSPS) is 13.6. The monoisotopic (exact) mass is 1340 g/mol. The van der Waals surface area contributed by atoms with Crippen molar-refractivity contribution in [2.75, 3.05) is 47.1 Å². The molecule has 0 radical (unpaired) electrons. The van der Waals surface area contributed by atoms with E-state index in [9.17, 15) is 57.5 Å². The molecule has 6 unspecified atom stereocenters. The molecule has 0 saturated carbocycles. The van der Waals surface area contributed by atoms with Crippen LogP contribution in [0.25, 0.3) is 0 Å². The molecule has 3 heterocycles. The van der Waals surface area contributed by atoms with Gasteiger partial charge in [0.2, 0.25) is 70.9 Å². The predicted octanol–water partition coefficient (Wildman–Crippen LogP) is -4.70. The lowest BCUT2D eigenvalue weighted by Gasteiger charge is -2.32. The molecule has 0 aliphatic heterocycles. The van der Waals surface area contributed by atoms with Gasteiger partial charge < -0.3 is 84.4 Å². The molecule has 95 heavy (non-hydrogen) atoms. The van der Waals surface area contributed by atoms with Crippen molar-refractivity contribution >= 4 is 70.9 Å². The number of hydrogen-bond acceptors (Lipinski definition) is 22. The summed E-state index contributed by atoms with van der Waals surface area (Å²) in [6, 6.07) is -5.87. The molecular weight excluding hydrogens is 1250 g/mol. The third kappa shape index (κ3) is 32.7. The van der Waals surface area contributed by atoms with Gasteiger partial charge in [-0.05, 0) is 77.0 Å². The molecular formula is C58H93N21O16. The summed E-state index contributed by atoms with van der Waals surface area (Å²) in [6.07, 6.45) is 13.9. The minimum Gasteiger partial charge on any atom is -0.374 e. The second-order valence-electron chi connectivity index (χ2n) is 22.7. The maximum atomic E-state index is 12.8. The number of unbranched alkanes of at least 4 members (excludes halogenated alkanes) is 3. The predicted molar refractivity (Wildman–Crippen MR) is 334 cm³/mol. The highest BCUT2D eigenvalue weighted by atomic mass is 16.5. The van der Waals surface area contributed by atoms with Crippen molar-refractivity contribution in [1.82, 2.24) is 87.5 Å². The first kappa shape index (κ1) is 79.7. The van der Waals surface area contributed by atoms with E-state index in [2.05, 4.69) is 79.4 Å². The van der Waals surface area contributed by atoms with E-state index in [-0.39, 0.29) is 111 Å². The zero-order chi connectivity index (χ0) is 70.3. The number of aromatic nitrogens is 9.